The second-order valence-corrected chi connectivity index (χ2v) is 7.11. The van der Waals surface area contributed by atoms with Crippen LogP contribution in [0.4, 0.5) is 0 Å². The smallest absolute Gasteiger partial charge is 0.254 e. The first-order valence-corrected chi connectivity index (χ1v) is 9.12. The van der Waals surface area contributed by atoms with E-state index in [9.17, 15) is 9.59 Å². The quantitative estimate of drug-likeness (QED) is 0.840. The van der Waals surface area contributed by atoms with Crippen molar-refractivity contribution in [3.05, 3.63) is 42.0 Å². The van der Waals surface area contributed by atoms with E-state index >= 15 is 0 Å². The molecule has 0 unspecified atom stereocenters. The number of nitrogens with zero attached hydrogens (tertiary/aromatic N) is 1. The maximum atomic E-state index is 13.0. The number of nitrogens with one attached hydrogen (secondary N) is 1. The molecule has 26 heavy (non-hydrogen) atoms. The number of fused-ring (bicyclic) bond motifs is 4. The van der Waals surface area contributed by atoms with Crippen molar-refractivity contribution in [3.63, 3.8) is 0 Å². The number of carbonyl (C=O) groups is 2. The summed E-state index contributed by atoms with van der Waals surface area (Å²) < 4.78 is 11.5. The van der Waals surface area contributed by atoms with Crippen LogP contribution in [0.5, 0.6) is 5.75 Å². The topological polar surface area (TPSA) is 67.9 Å². The summed E-state index contributed by atoms with van der Waals surface area (Å²) in [5, 5.41) is 2.94. The number of rotatable bonds is 3. The Morgan fingerprint density at radius 1 is 1.31 bits per heavy atom. The molecule has 0 saturated carbocycles. The first-order valence-electron chi connectivity index (χ1n) is 9.12. The fraction of sp³-hybridized carbons (Fsp3) is 0.500. The van der Waals surface area contributed by atoms with Crippen molar-refractivity contribution in [2.45, 2.75) is 32.4 Å². The van der Waals surface area contributed by atoms with Gasteiger partial charge in [-0.1, -0.05) is 26.0 Å². The van der Waals surface area contributed by atoms with E-state index < -0.39 is 6.04 Å². The molecule has 4 bridgehead atoms. The van der Waals surface area contributed by atoms with E-state index in [4.69, 9.17) is 9.47 Å². The Morgan fingerprint density at radius 2 is 2.12 bits per heavy atom. The maximum Gasteiger partial charge on any atom is 0.254 e. The Bertz CT molecular complexity index is 686. The molecule has 0 spiro atoms. The molecule has 6 nitrogen and oxygen atoms in total. The summed E-state index contributed by atoms with van der Waals surface area (Å²) >= 11 is 0. The Balaban J connectivity index is 1.84. The third kappa shape index (κ3) is 4.43. The molecule has 1 fully saturated rings. The molecule has 140 valence electrons. The first kappa shape index (κ1) is 18.5. The van der Waals surface area contributed by atoms with Crippen LogP contribution in [0.25, 0.3) is 0 Å². The van der Waals surface area contributed by atoms with E-state index in [-0.39, 0.29) is 17.9 Å². The molecule has 0 radical (unpaired) electrons. The number of amides is 2. The van der Waals surface area contributed by atoms with Crippen molar-refractivity contribution in [1.82, 2.24) is 10.2 Å². The van der Waals surface area contributed by atoms with Crippen LogP contribution in [0.15, 0.2) is 36.4 Å². The largest absolute Gasteiger partial charge is 0.490 e. The summed E-state index contributed by atoms with van der Waals surface area (Å²) in [4.78, 5) is 27.3. The monoisotopic (exact) mass is 358 g/mol. The SMILES string of the molecule is CC(C)CNC(=O)[C@@H]1C[C@@H]2CN1C(=O)c1cccc(c1)OC/C=C\CO2. The minimum atomic E-state index is -0.511. The Hall–Kier alpha value is -2.34. The van der Waals surface area contributed by atoms with Gasteiger partial charge in [-0.3, -0.25) is 9.59 Å². The second-order valence-electron chi connectivity index (χ2n) is 7.11. The molecule has 2 atom stereocenters. The standard InChI is InChI=1S/C20H26N2O4/c1-14(2)12-21-19(23)18-11-17-13-22(18)20(24)15-6-5-7-16(10-15)25-8-3-4-9-26-17/h3-7,10,14,17-18H,8-9,11-13H2,1-2H3,(H,21,23)/b4-3-/t17-,18+/m1/s1. The van der Waals surface area contributed by atoms with Gasteiger partial charge in [-0.05, 0) is 30.2 Å². The molecule has 1 saturated heterocycles. The number of benzene rings is 1. The van der Waals surface area contributed by atoms with Gasteiger partial charge in [-0.15, -0.1) is 0 Å². The van der Waals surface area contributed by atoms with Gasteiger partial charge in [0.1, 0.15) is 18.4 Å². The van der Waals surface area contributed by atoms with Crippen molar-refractivity contribution < 1.29 is 19.1 Å². The average Bonchev–Trinajstić information content (AvgIpc) is 3.06. The van der Waals surface area contributed by atoms with Crippen LogP contribution in [0.3, 0.4) is 0 Å². The van der Waals surface area contributed by atoms with Crippen molar-refractivity contribution >= 4 is 11.8 Å². The van der Waals surface area contributed by atoms with E-state index in [2.05, 4.69) is 5.32 Å². The summed E-state index contributed by atoms with van der Waals surface area (Å²) in [7, 11) is 0. The van der Waals surface area contributed by atoms with Gasteiger partial charge >= 0.3 is 0 Å². The van der Waals surface area contributed by atoms with Crippen molar-refractivity contribution in [2.24, 2.45) is 5.92 Å². The molecule has 2 aliphatic heterocycles. The molecule has 0 aliphatic carbocycles. The molecule has 3 rings (SSSR count). The van der Waals surface area contributed by atoms with E-state index in [0.29, 0.717) is 50.0 Å². The number of ether oxygens (including phenoxy) is 2. The zero-order valence-corrected chi connectivity index (χ0v) is 15.3. The van der Waals surface area contributed by atoms with Gasteiger partial charge in [0.25, 0.3) is 5.91 Å². The molecule has 1 aromatic carbocycles. The van der Waals surface area contributed by atoms with Gasteiger partial charge in [0.15, 0.2) is 0 Å². The minimum absolute atomic E-state index is 0.117. The molecule has 1 N–H and O–H groups in total. The van der Waals surface area contributed by atoms with Crippen molar-refractivity contribution in [3.8, 4) is 5.75 Å². The molecule has 0 aromatic heterocycles. The lowest BCUT2D eigenvalue weighted by Crippen LogP contribution is -2.46. The molecule has 2 amide bonds. The van der Waals surface area contributed by atoms with Crippen LogP contribution in [0.1, 0.15) is 30.6 Å². The highest BCUT2D eigenvalue weighted by Gasteiger charge is 2.40. The fourth-order valence-corrected chi connectivity index (χ4v) is 3.17. The third-order valence-electron chi connectivity index (χ3n) is 4.53. The lowest BCUT2D eigenvalue weighted by Gasteiger charge is -2.24. The molecule has 6 heteroatoms. The number of hydrogen-bond donors (Lipinski definition) is 1. The van der Waals surface area contributed by atoms with E-state index in [1.54, 1.807) is 23.1 Å². The summed E-state index contributed by atoms with van der Waals surface area (Å²) in [5.41, 5.74) is 0.521. The Labute approximate surface area is 154 Å². The number of carbonyl (C=O) groups excluding carboxylic acids is 2. The van der Waals surface area contributed by atoms with E-state index in [0.717, 1.165) is 0 Å². The van der Waals surface area contributed by atoms with Gasteiger partial charge in [0.2, 0.25) is 5.91 Å². The molecule has 2 aliphatic rings. The van der Waals surface area contributed by atoms with Gasteiger partial charge in [-0.2, -0.15) is 0 Å². The van der Waals surface area contributed by atoms with Crippen LogP contribution in [0.2, 0.25) is 0 Å². The van der Waals surface area contributed by atoms with Crippen LogP contribution < -0.4 is 10.1 Å². The van der Waals surface area contributed by atoms with Gasteiger partial charge in [0.05, 0.1) is 12.7 Å². The summed E-state index contributed by atoms with van der Waals surface area (Å²) in [6.45, 7) is 5.95. The maximum absolute atomic E-state index is 13.0. The van der Waals surface area contributed by atoms with Gasteiger partial charge < -0.3 is 19.7 Å². The van der Waals surface area contributed by atoms with Crippen LogP contribution in [0, 0.1) is 5.92 Å². The number of hydrogen-bond acceptors (Lipinski definition) is 4. The predicted molar refractivity (Wildman–Crippen MR) is 98.1 cm³/mol. The normalized spacial score (nSPS) is 24.3. The Morgan fingerprint density at radius 3 is 2.92 bits per heavy atom. The fourth-order valence-electron chi connectivity index (χ4n) is 3.17. The molecule has 2 heterocycles. The summed E-state index contributed by atoms with van der Waals surface area (Å²) in [5.74, 6) is 0.706. The molecular formula is C20H26N2O4. The highest BCUT2D eigenvalue weighted by atomic mass is 16.5. The zero-order valence-electron chi connectivity index (χ0n) is 15.3. The average molecular weight is 358 g/mol. The minimum Gasteiger partial charge on any atom is -0.490 e. The van der Waals surface area contributed by atoms with Gasteiger partial charge in [0, 0.05) is 25.1 Å². The second kappa shape index (κ2) is 8.36. The van der Waals surface area contributed by atoms with Crippen LogP contribution in [-0.4, -0.2) is 55.2 Å². The van der Waals surface area contributed by atoms with E-state index in [1.165, 1.54) is 0 Å². The lowest BCUT2D eigenvalue weighted by atomic mass is 10.1. The zero-order chi connectivity index (χ0) is 18.5. The summed E-state index contributed by atoms with van der Waals surface area (Å²) in [6.07, 6.45) is 4.16. The predicted octanol–water partition coefficient (Wildman–Crippen LogP) is 2.01. The Kier molecular flexibility index (Phi) is 5.93. The summed E-state index contributed by atoms with van der Waals surface area (Å²) in [6, 6.07) is 6.58. The van der Waals surface area contributed by atoms with Crippen molar-refractivity contribution in [2.75, 3.05) is 26.3 Å². The van der Waals surface area contributed by atoms with Crippen molar-refractivity contribution in [1.29, 1.82) is 0 Å². The highest BCUT2D eigenvalue weighted by molar-refractivity contribution is 5.98. The van der Waals surface area contributed by atoms with E-state index in [1.807, 2.05) is 32.1 Å². The third-order valence-corrected chi connectivity index (χ3v) is 4.53. The molecule has 1 aromatic rings. The highest BCUT2D eigenvalue weighted by Crippen LogP contribution is 2.25. The lowest BCUT2D eigenvalue weighted by molar-refractivity contribution is -0.125. The van der Waals surface area contributed by atoms with Crippen LogP contribution in [-0.2, 0) is 9.53 Å². The molecular weight excluding hydrogens is 332 g/mol. The first-order chi connectivity index (χ1) is 12.5. The van der Waals surface area contributed by atoms with Gasteiger partial charge in [-0.25, -0.2) is 0 Å². The van der Waals surface area contributed by atoms with Crippen LogP contribution >= 0.6 is 0 Å².